The maximum atomic E-state index is 10.6. The van der Waals surface area contributed by atoms with E-state index < -0.39 is 0 Å². The highest BCUT2D eigenvalue weighted by molar-refractivity contribution is 5.56. The lowest BCUT2D eigenvalue weighted by molar-refractivity contribution is -0.116. The van der Waals surface area contributed by atoms with Crippen LogP contribution in [-0.4, -0.2) is 19.5 Å². The standard InChI is InChI=1S/C14H26O2/c1-5-7-12(2)8-6-9-13(3)10-14(11-15)16-4/h9,11-12,14H,5-8,10H2,1-4H3/b13-9+. The van der Waals surface area contributed by atoms with Crippen LogP contribution in [-0.2, 0) is 9.53 Å². The van der Waals surface area contributed by atoms with Gasteiger partial charge in [0, 0.05) is 13.5 Å². The molecule has 2 unspecified atom stereocenters. The first-order valence-corrected chi connectivity index (χ1v) is 6.27. The number of carbonyl (C=O) groups excluding carboxylic acids is 1. The zero-order valence-corrected chi connectivity index (χ0v) is 11.2. The molecule has 0 aliphatic heterocycles. The van der Waals surface area contributed by atoms with Crippen LogP contribution >= 0.6 is 0 Å². The van der Waals surface area contributed by atoms with E-state index in [1.54, 1.807) is 7.11 Å². The van der Waals surface area contributed by atoms with Crippen molar-refractivity contribution in [2.24, 2.45) is 5.92 Å². The molecule has 0 aliphatic rings. The van der Waals surface area contributed by atoms with Crippen LogP contribution < -0.4 is 0 Å². The van der Waals surface area contributed by atoms with Crippen molar-refractivity contribution in [1.29, 1.82) is 0 Å². The van der Waals surface area contributed by atoms with Gasteiger partial charge in [0.05, 0.1) is 0 Å². The molecule has 0 saturated carbocycles. The Morgan fingerprint density at radius 2 is 2.06 bits per heavy atom. The molecular weight excluding hydrogens is 200 g/mol. The third-order valence-corrected chi connectivity index (χ3v) is 2.91. The molecule has 0 amide bonds. The Morgan fingerprint density at radius 3 is 2.56 bits per heavy atom. The minimum absolute atomic E-state index is 0.274. The maximum absolute atomic E-state index is 10.6. The molecule has 2 heteroatoms. The lowest BCUT2D eigenvalue weighted by Crippen LogP contribution is -2.12. The van der Waals surface area contributed by atoms with Gasteiger partial charge in [-0.2, -0.15) is 0 Å². The van der Waals surface area contributed by atoms with Crippen LogP contribution in [0.4, 0.5) is 0 Å². The Morgan fingerprint density at radius 1 is 1.38 bits per heavy atom. The maximum Gasteiger partial charge on any atom is 0.149 e. The quantitative estimate of drug-likeness (QED) is 0.442. The van der Waals surface area contributed by atoms with Crippen molar-refractivity contribution in [2.45, 2.75) is 59.0 Å². The van der Waals surface area contributed by atoms with Crippen molar-refractivity contribution >= 4 is 6.29 Å². The highest BCUT2D eigenvalue weighted by atomic mass is 16.5. The topological polar surface area (TPSA) is 26.3 Å². The van der Waals surface area contributed by atoms with Crippen LogP contribution in [0.1, 0.15) is 52.9 Å². The smallest absolute Gasteiger partial charge is 0.149 e. The van der Waals surface area contributed by atoms with Crippen LogP contribution in [0, 0.1) is 5.92 Å². The molecule has 0 aromatic carbocycles. The van der Waals surface area contributed by atoms with Crippen molar-refractivity contribution in [1.82, 2.24) is 0 Å². The molecule has 0 aliphatic carbocycles. The fourth-order valence-corrected chi connectivity index (χ4v) is 1.84. The number of hydrogen-bond acceptors (Lipinski definition) is 2. The minimum Gasteiger partial charge on any atom is -0.374 e. The number of allylic oxidation sites excluding steroid dienone is 1. The number of carbonyl (C=O) groups is 1. The van der Waals surface area contributed by atoms with Gasteiger partial charge in [-0.3, -0.25) is 0 Å². The van der Waals surface area contributed by atoms with E-state index in [1.165, 1.54) is 24.8 Å². The average Bonchev–Trinajstić information content (AvgIpc) is 2.26. The number of methoxy groups -OCH3 is 1. The monoisotopic (exact) mass is 226 g/mol. The van der Waals surface area contributed by atoms with E-state index in [2.05, 4.69) is 26.8 Å². The van der Waals surface area contributed by atoms with Crippen molar-refractivity contribution < 1.29 is 9.53 Å². The first kappa shape index (κ1) is 15.4. The third kappa shape index (κ3) is 7.63. The van der Waals surface area contributed by atoms with E-state index in [0.29, 0.717) is 0 Å². The van der Waals surface area contributed by atoms with E-state index >= 15 is 0 Å². The predicted octanol–water partition coefficient (Wildman–Crippen LogP) is 3.75. The summed E-state index contributed by atoms with van der Waals surface area (Å²) < 4.78 is 5.03. The van der Waals surface area contributed by atoms with Gasteiger partial charge in [0.25, 0.3) is 0 Å². The lowest BCUT2D eigenvalue weighted by Gasteiger charge is -2.10. The van der Waals surface area contributed by atoms with Gasteiger partial charge in [-0.25, -0.2) is 0 Å². The van der Waals surface area contributed by atoms with Gasteiger partial charge >= 0.3 is 0 Å². The highest BCUT2D eigenvalue weighted by Gasteiger charge is 2.05. The zero-order chi connectivity index (χ0) is 12.4. The molecule has 0 N–H and O–H groups in total. The number of hydrogen-bond donors (Lipinski definition) is 0. The number of ether oxygens (including phenoxy) is 1. The molecule has 0 radical (unpaired) electrons. The molecule has 0 aromatic heterocycles. The zero-order valence-electron chi connectivity index (χ0n) is 11.2. The Bertz CT molecular complexity index is 209. The van der Waals surface area contributed by atoms with Gasteiger partial charge in [0.1, 0.15) is 12.4 Å². The average molecular weight is 226 g/mol. The van der Waals surface area contributed by atoms with Crippen molar-refractivity contribution in [3.63, 3.8) is 0 Å². The van der Waals surface area contributed by atoms with Crippen molar-refractivity contribution in [3.8, 4) is 0 Å². The normalized spacial score (nSPS) is 15.9. The summed E-state index contributed by atoms with van der Waals surface area (Å²) in [5.74, 6) is 0.804. The lowest BCUT2D eigenvalue weighted by atomic mass is 9.99. The Kier molecular flexibility index (Phi) is 9.21. The largest absolute Gasteiger partial charge is 0.374 e. The molecule has 0 heterocycles. The van der Waals surface area contributed by atoms with Crippen LogP contribution in [0.5, 0.6) is 0 Å². The first-order chi connectivity index (χ1) is 7.63. The summed E-state index contributed by atoms with van der Waals surface area (Å²) in [5.41, 5.74) is 1.25. The van der Waals surface area contributed by atoms with E-state index in [-0.39, 0.29) is 6.10 Å². The molecule has 2 atom stereocenters. The summed E-state index contributed by atoms with van der Waals surface area (Å²) in [6, 6.07) is 0. The van der Waals surface area contributed by atoms with Crippen LogP contribution in [0.2, 0.25) is 0 Å². The van der Waals surface area contributed by atoms with Gasteiger partial charge in [0.15, 0.2) is 0 Å². The summed E-state index contributed by atoms with van der Waals surface area (Å²) in [6.45, 7) is 6.60. The summed E-state index contributed by atoms with van der Waals surface area (Å²) in [5, 5.41) is 0. The molecule has 94 valence electrons. The minimum atomic E-state index is -0.274. The summed E-state index contributed by atoms with van der Waals surface area (Å²) in [6.07, 6.45) is 8.49. The molecule has 0 fully saturated rings. The summed E-state index contributed by atoms with van der Waals surface area (Å²) >= 11 is 0. The van der Waals surface area contributed by atoms with Gasteiger partial charge in [-0.1, -0.05) is 38.3 Å². The summed E-state index contributed by atoms with van der Waals surface area (Å²) in [4.78, 5) is 10.6. The third-order valence-electron chi connectivity index (χ3n) is 2.91. The first-order valence-electron chi connectivity index (χ1n) is 6.27. The Balaban J connectivity index is 3.81. The van der Waals surface area contributed by atoms with E-state index in [0.717, 1.165) is 25.0 Å². The molecule has 0 saturated heterocycles. The fraction of sp³-hybridized carbons (Fsp3) is 0.786. The predicted molar refractivity (Wildman–Crippen MR) is 68.5 cm³/mol. The molecule has 0 spiro atoms. The van der Waals surface area contributed by atoms with Gasteiger partial charge < -0.3 is 9.53 Å². The van der Waals surface area contributed by atoms with Crippen LogP contribution in [0.3, 0.4) is 0 Å². The van der Waals surface area contributed by atoms with Gasteiger partial charge in [0.2, 0.25) is 0 Å². The Hall–Kier alpha value is -0.630. The second-order valence-electron chi connectivity index (χ2n) is 4.64. The number of rotatable bonds is 9. The molecule has 0 bridgehead atoms. The van der Waals surface area contributed by atoms with Gasteiger partial charge in [-0.05, 0) is 25.7 Å². The van der Waals surface area contributed by atoms with E-state index in [9.17, 15) is 4.79 Å². The van der Waals surface area contributed by atoms with Gasteiger partial charge in [-0.15, -0.1) is 0 Å². The molecule has 16 heavy (non-hydrogen) atoms. The van der Waals surface area contributed by atoms with Crippen molar-refractivity contribution in [3.05, 3.63) is 11.6 Å². The van der Waals surface area contributed by atoms with Crippen molar-refractivity contribution in [2.75, 3.05) is 7.11 Å². The van der Waals surface area contributed by atoms with E-state index in [1.807, 2.05) is 0 Å². The molecule has 0 rings (SSSR count). The van der Waals surface area contributed by atoms with E-state index in [4.69, 9.17) is 4.74 Å². The Labute approximate surface area is 100 Å². The number of aldehydes is 1. The molecule has 0 aromatic rings. The van der Waals surface area contributed by atoms with Crippen LogP contribution in [0.25, 0.3) is 0 Å². The second-order valence-corrected chi connectivity index (χ2v) is 4.64. The van der Waals surface area contributed by atoms with Crippen LogP contribution in [0.15, 0.2) is 11.6 Å². The highest BCUT2D eigenvalue weighted by Crippen LogP contribution is 2.14. The molecular formula is C14H26O2. The second kappa shape index (κ2) is 9.59. The fourth-order valence-electron chi connectivity index (χ4n) is 1.84. The summed E-state index contributed by atoms with van der Waals surface area (Å²) in [7, 11) is 1.58. The SMILES string of the molecule is CCCC(C)CC/C=C(\C)CC(C=O)OC. The molecule has 2 nitrogen and oxygen atoms in total.